The lowest BCUT2D eigenvalue weighted by molar-refractivity contribution is -0.140. The van der Waals surface area contributed by atoms with Gasteiger partial charge in [0.15, 0.2) is 0 Å². The average Bonchev–Trinajstić information content (AvgIpc) is 3.42. The van der Waals surface area contributed by atoms with E-state index in [1.807, 2.05) is 94.3 Å². The molecule has 10 unspecified atom stereocenters. The molecule has 0 bridgehead atoms. The van der Waals surface area contributed by atoms with Crippen LogP contribution in [0.25, 0.3) is 0 Å². The van der Waals surface area contributed by atoms with E-state index in [0.717, 1.165) is 6.42 Å². The third-order valence-electron chi connectivity index (χ3n) is 15.2. The SMILES string of the molecule is CCC(O)CCCC(C)CC(NC(=O)C1CC(C)CN1C(=O)/C=C/[C@H](C)CC)C(=O)NC(C(=O)NC(C)(C)C(=O)NC(CC(C)C)C(=O)NC(CC(C)C)C(=O)NC(C)(C)C(=O)NC(C)(C)C(=O)NCCC(=O)NC(C)CN(C)C)C(O)C(C)C. The van der Waals surface area contributed by atoms with E-state index in [0.29, 0.717) is 45.2 Å². The quantitative estimate of drug-likeness (QED) is 0.0399. The van der Waals surface area contributed by atoms with E-state index < -0.39 is 112 Å². The maximum absolute atomic E-state index is 14.5. The lowest BCUT2D eigenvalue weighted by Gasteiger charge is -2.34. The number of allylic oxidation sites excluding steroid dienone is 1. The number of nitrogens with one attached hydrogen (secondary N) is 9. The van der Waals surface area contributed by atoms with E-state index in [-0.39, 0.29) is 79.7 Å². The summed E-state index contributed by atoms with van der Waals surface area (Å²) in [6.45, 7) is 31.8. The first kappa shape index (κ1) is 77.3. The Hall–Kier alpha value is -5.68. The van der Waals surface area contributed by atoms with Crippen molar-refractivity contribution >= 4 is 59.1 Å². The summed E-state index contributed by atoms with van der Waals surface area (Å²) in [7, 11) is 3.78. The largest absolute Gasteiger partial charge is 0.393 e. The molecule has 0 aromatic rings. The second kappa shape index (κ2) is 35.8. The fraction of sp³-hybridized carbons (Fsp3) is 0.806. The maximum Gasteiger partial charge on any atom is 0.246 e. The van der Waals surface area contributed by atoms with Crippen molar-refractivity contribution in [1.29, 1.82) is 0 Å². The highest BCUT2D eigenvalue weighted by atomic mass is 16.3. The van der Waals surface area contributed by atoms with Crippen LogP contribution in [0.5, 0.6) is 0 Å². The Morgan fingerprint density at radius 1 is 0.624 bits per heavy atom. The predicted octanol–water partition coefficient (Wildman–Crippen LogP) is 3.10. The van der Waals surface area contributed by atoms with Crippen LogP contribution in [0, 0.1) is 35.5 Å². The van der Waals surface area contributed by atoms with Crippen LogP contribution in [0.15, 0.2) is 12.2 Å². The number of aliphatic hydroxyl groups excluding tert-OH is 2. The Bertz CT molecular complexity index is 2250. The molecule has 0 aromatic heterocycles. The van der Waals surface area contributed by atoms with Gasteiger partial charge in [0.25, 0.3) is 0 Å². The molecule has 0 radical (unpaired) electrons. The van der Waals surface area contributed by atoms with Gasteiger partial charge in [-0.1, -0.05) is 101 Å². The second-order valence-corrected chi connectivity index (χ2v) is 27.1. The Balaban J connectivity index is 3.40. The molecule has 1 aliphatic rings. The number of aliphatic hydroxyl groups is 2. The van der Waals surface area contributed by atoms with Crippen LogP contribution in [0.4, 0.5) is 0 Å². The third-order valence-corrected chi connectivity index (χ3v) is 15.2. The van der Waals surface area contributed by atoms with Gasteiger partial charge in [-0.2, -0.15) is 0 Å². The van der Waals surface area contributed by atoms with Gasteiger partial charge in [0.05, 0.1) is 12.2 Å². The first-order chi connectivity index (χ1) is 39.2. The van der Waals surface area contributed by atoms with Crippen molar-refractivity contribution in [2.75, 3.05) is 33.7 Å². The van der Waals surface area contributed by atoms with Gasteiger partial charge in [0, 0.05) is 32.1 Å². The van der Waals surface area contributed by atoms with Crippen LogP contribution in [0.2, 0.25) is 0 Å². The van der Waals surface area contributed by atoms with E-state index in [4.69, 9.17) is 0 Å². The molecule has 23 heteroatoms. The lowest BCUT2D eigenvalue weighted by Crippen LogP contribution is -2.66. The number of carbonyl (C=O) groups excluding carboxylic acids is 10. The van der Waals surface area contributed by atoms with Crippen molar-refractivity contribution in [3.05, 3.63) is 12.2 Å². The molecule has 0 aromatic carbocycles. The van der Waals surface area contributed by atoms with E-state index in [1.165, 1.54) is 52.5 Å². The summed E-state index contributed by atoms with van der Waals surface area (Å²) < 4.78 is 0. The number of nitrogens with zero attached hydrogens (tertiary/aromatic N) is 2. The predicted molar refractivity (Wildman–Crippen MR) is 330 cm³/mol. The second-order valence-electron chi connectivity index (χ2n) is 27.1. The molecule has 0 spiro atoms. The molecule has 488 valence electrons. The first-order valence-electron chi connectivity index (χ1n) is 30.9. The van der Waals surface area contributed by atoms with Crippen molar-refractivity contribution in [3.63, 3.8) is 0 Å². The summed E-state index contributed by atoms with van der Waals surface area (Å²) >= 11 is 0. The van der Waals surface area contributed by atoms with Gasteiger partial charge >= 0.3 is 0 Å². The molecular weight excluding hydrogens is 1090 g/mol. The molecule has 11 N–H and O–H groups in total. The Labute approximate surface area is 508 Å². The standard InChI is InChI=1S/C62H113N11O12/c1-21-39(9)26-27-49(76)73-34-41(11)33-47(73)55(81)66-46(32-40(10)24-23-25-43(74)22-2)53(79)68-50(51(77)38(7)8)56(82)70-61(15,16)58(84)67-44(30-36(3)4)52(78)65-45(31-37(5)6)54(80)69-62(17,18)59(85)71-60(13,14)57(83)63-29-28-48(75)64-42(12)35-72(19)20/h26-27,36-47,50-51,74,77H,21-25,28-35H2,1-20H3,(H,63,83)(H,64,75)(H,65,78)(H,66,81)(H,67,84)(H,68,79)(H,69,80)(H,70,82)(H,71,85)/b27-26+/t39-,40?,41?,42?,43?,44?,45?,46?,47?,50?,51?/m1/s1. The summed E-state index contributed by atoms with van der Waals surface area (Å²) in [6, 6.07) is -6.29. The molecule has 10 amide bonds. The summed E-state index contributed by atoms with van der Waals surface area (Å²) in [5.41, 5.74) is -4.86. The number of likely N-dealkylation sites (tertiary alicyclic amines) is 1. The van der Waals surface area contributed by atoms with Crippen molar-refractivity contribution in [2.45, 2.75) is 254 Å². The Kier molecular flexibility index (Phi) is 32.6. The summed E-state index contributed by atoms with van der Waals surface area (Å²) in [4.78, 5) is 142. The van der Waals surface area contributed by atoms with Crippen molar-refractivity contribution in [3.8, 4) is 0 Å². The fourth-order valence-corrected chi connectivity index (χ4v) is 9.75. The minimum Gasteiger partial charge on any atom is -0.393 e. The molecule has 0 saturated carbocycles. The Morgan fingerprint density at radius 3 is 1.69 bits per heavy atom. The zero-order valence-corrected chi connectivity index (χ0v) is 55.3. The van der Waals surface area contributed by atoms with Gasteiger partial charge in [0.1, 0.15) is 46.8 Å². The number of hydrogen-bond donors (Lipinski definition) is 11. The molecule has 11 atom stereocenters. The van der Waals surface area contributed by atoms with Gasteiger partial charge in [-0.05, 0) is 143 Å². The van der Waals surface area contributed by atoms with E-state index in [1.54, 1.807) is 13.8 Å². The highest BCUT2D eigenvalue weighted by Crippen LogP contribution is 2.25. The summed E-state index contributed by atoms with van der Waals surface area (Å²) in [5, 5.41) is 46.4. The number of hydrogen-bond acceptors (Lipinski definition) is 13. The molecule has 85 heavy (non-hydrogen) atoms. The van der Waals surface area contributed by atoms with Crippen LogP contribution in [0.1, 0.15) is 189 Å². The van der Waals surface area contributed by atoms with E-state index >= 15 is 0 Å². The number of rotatable bonds is 37. The van der Waals surface area contributed by atoms with Crippen molar-refractivity contribution in [2.24, 2.45) is 35.5 Å². The Morgan fingerprint density at radius 2 is 1.15 bits per heavy atom. The lowest BCUT2D eigenvalue weighted by atomic mass is 9.93. The molecule has 1 heterocycles. The molecule has 1 aliphatic heterocycles. The van der Waals surface area contributed by atoms with Crippen LogP contribution in [0.3, 0.4) is 0 Å². The number of likely N-dealkylation sites (N-methyl/N-ethyl adjacent to an activating group) is 1. The summed E-state index contributed by atoms with van der Waals surface area (Å²) in [6.07, 6.45) is 5.24. The third kappa shape index (κ3) is 27.7. The molecular formula is C62H113N11O12. The monoisotopic (exact) mass is 1200 g/mol. The molecule has 0 aliphatic carbocycles. The zero-order chi connectivity index (χ0) is 65.5. The van der Waals surface area contributed by atoms with E-state index in [9.17, 15) is 58.2 Å². The molecule has 1 saturated heterocycles. The highest BCUT2D eigenvalue weighted by Gasteiger charge is 2.43. The van der Waals surface area contributed by atoms with Crippen LogP contribution < -0.4 is 47.9 Å². The van der Waals surface area contributed by atoms with Crippen molar-refractivity contribution in [1.82, 2.24) is 57.7 Å². The van der Waals surface area contributed by atoms with Gasteiger partial charge < -0.3 is 67.9 Å². The first-order valence-corrected chi connectivity index (χ1v) is 30.9. The van der Waals surface area contributed by atoms with E-state index in [2.05, 4.69) is 47.9 Å². The summed E-state index contributed by atoms with van der Waals surface area (Å²) in [5.74, 6) is -7.26. The number of amides is 10. The van der Waals surface area contributed by atoms with Crippen LogP contribution >= 0.6 is 0 Å². The average molecular weight is 1200 g/mol. The van der Waals surface area contributed by atoms with Crippen molar-refractivity contribution < 1.29 is 58.2 Å². The zero-order valence-electron chi connectivity index (χ0n) is 55.3. The van der Waals surface area contributed by atoms with Gasteiger partial charge in [-0.3, -0.25) is 47.9 Å². The molecule has 1 rings (SSSR count). The van der Waals surface area contributed by atoms with Gasteiger partial charge in [-0.15, -0.1) is 0 Å². The topological polar surface area (TPSA) is 326 Å². The minimum atomic E-state index is -1.79. The minimum absolute atomic E-state index is 0.00395. The smallest absolute Gasteiger partial charge is 0.246 e. The fourth-order valence-electron chi connectivity index (χ4n) is 9.75. The highest BCUT2D eigenvalue weighted by molar-refractivity contribution is 6.00. The van der Waals surface area contributed by atoms with Gasteiger partial charge in [0.2, 0.25) is 59.1 Å². The molecule has 23 nitrogen and oxygen atoms in total. The van der Waals surface area contributed by atoms with Crippen LogP contribution in [-0.2, 0) is 47.9 Å². The normalized spacial score (nSPS) is 18.1. The molecule has 1 fully saturated rings. The maximum atomic E-state index is 14.5. The van der Waals surface area contributed by atoms with Crippen LogP contribution in [-0.4, -0.2) is 178 Å². The number of carbonyl (C=O) groups is 10. The van der Waals surface area contributed by atoms with Gasteiger partial charge in [-0.25, -0.2) is 0 Å².